The maximum atomic E-state index is 8.91. The van der Waals surface area contributed by atoms with Crippen molar-refractivity contribution in [2.75, 3.05) is 0 Å². The van der Waals surface area contributed by atoms with Crippen LogP contribution in [0.3, 0.4) is 0 Å². The van der Waals surface area contributed by atoms with E-state index in [1.807, 2.05) is 0 Å². The predicted octanol–water partition coefficient (Wildman–Crippen LogP) is -3.42. The molecule has 0 heterocycles. The first-order chi connectivity index (χ1) is 2.00. The van der Waals surface area contributed by atoms with Crippen LogP contribution in [0.25, 0.3) is 0 Å². The number of hydrogen-bond donors (Lipinski definition) is 3. The molecule has 0 aromatic rings. The van der Waals surface area contributed by atoms with Crippen LogP contribution in [0.5, 0.6) is 0 Å². The molecular weight excluding hydrogens is 172 g/mol. The van der Waals surface area contributed by atoms with Crippen LogP contribution in [0.15, 0.2) is 0 Å². The van der Waals surface area contributed by atoms with Gasteiger partial charge in [0.1, 0.15) is 0 Å². The van der Waals surface area contributed by atoms with Crippen LogP contribution < -0.4 is 4.80 Å². The zero-order chi connectivity index (χ0) is 4.50. The average Bonchev–Trinajstić information content (AvgIpc) is 0.722. The SMILES string of the molecule is [Cu+2].[O-][Si](O)(O)O.[OH-]. The van der Waals surface area contributed by atoms with Crippen LogP contribution in [0.4, 0.5) is 0 Å². The first-order valence-corrected chi connectivity index (χ1v) is 2.62. The molecule has 0 aliphatic heterocycles. The van der Waals surface area contributed by atoms with E-state index in [4.69, 9.17) is 19.2 Å². The Morgan fingerprint density at radius 2 is 1.14 bits per heavy atom. The molecule has 7 heavy (non-hydrogen) atoms. The molecule has 0 bridgehead atoms. The Morgan fingerprint density at radius 1 is 1.14 bits per heavy atom. The second kappa shape index (κ2) is 4.69. The second-order valence-corrected chi connectivity index (χ2v) is 1.72. The van der Waals surface area contributed by atoms with E-state index < -0.39 is 9.05 Å². The van der Waals surface area contributed by atoms with Crippen LogP contribution in [-0.4, -0.2) is 28.9 Å². The van der Waals surface area contributed by atoms with E-state index in [0.29, 0.717) is 0 Å². The van der Waals surface area contributed by atoms with Crippen molar-refractivity contribution in [1.29, 1.82) is 0 Å². The molecule has 0 rings (SSSR count). The van der Waals surface area contributed by atoms with Gasteiger partial charge in [0.05, 0.1) is 0 Å². The summed E-state index contributed by atoms with van der Waals surface area (Å²) in [7, 11) is -4.86. The molecule has 4 N–H and O–H groups in total. The van der Waals surface area contributed by atoms with E-state index in [1.165, 1.54) is 0 Å². The van der Waals surface area contributed by atoms with Crippen molar-refractivity contribution in [3.05, 3.63) is 0 Å². The molecule has 0 spiro atoms. The summed E-state index contributed by atoms with van der Waals surface area (Å²) >= 11 is 0. The summed E-state index contributed by atoms with van der Waals surface area (Å²) in [6.45, 7) is 0. The molecular formula is H4CuO5Si. The van der Waals surface area contributed by atoms with Crippen molar-refractivity contribution < 1.29 is 41.7 Å². The molecule has 0 aliphatic rings. The first kappa shape index (κ1) is 15.6. The summed E-state index contributed by atoms with van der Waals surface area (Å²) in [6.07, 6.45) is 0. The van der Waals surface area contributed by atoms with Crippen LogP contribution in [-0.2, 0) is 17.1 Å². The summed E-state index contributed by atoms with van der Waals surface area (Å²) in [4.78, 5) is 30.6. The van der Waals surface area contributed by atoms with E-state index in [-0.39, 0.29) is 22.5 Å². The van der Waals surface area contributed by atoms with E-state index in [9.17, 15) is 0 Å². The quantitative estimate of drug-likeness (QED) is 0.332. The van der Waals surface area contributed by atoms with Gasteiger partial charge in [0.25, 0.3) is 0 Å². The van der Waals surface area contributed by atoms with Crippen LogP contribution in [0, 0.1) is 0 Å². The minimum Gasteiger partial charge on any atom is -0.870 e. The van der Waals surface area contributed by atoms with E-state index in [2.05, 4.69) is 0 Å². The molecule has 0 saturated heterocycles. The zero-order valence-electron chi connectivity index (χ0n) is 3.00. The van der Waals surface area contributed by atoms with Crippen molar-refractivity contribution in [2.45, 2.75) is 0 Å². The molecule has 0 atom stereocenters. The van der Waals surface area contributed by atoms with Gasteiger partial charge < -0.3 is 24.7 Å². The molecule has 0 unspecified atom stereocenters. The average molecular weight is 176 g/mol. The van der Waals surface area contributed by atoms with Gasteiger partial charge in [0.15, 0.2) is 0 Å². The molecule has 0 aromatic carbocycles. The summed E-state index contributed by atoms with van der Waals surface area (Å²) in [5.74, 6) is 0. The Morgan fingerprint density at radius 3 is 1.14 bits per heavy atom. The van der Waals surface area contributed by atoms with Gasteiger partial charge in [-0.1, -0.05) is 0 Å². The monoisotopic (exact) mass is 175 g/mol. The normalized spacial score (nSPS) is 8.57. The minimum atomic E-state index is -4.86. The fraction of sp³-hybridized carbons (Fsp3) is 0. The predicted molar refractivity (Wildman–Crippen MR) is 14.3 cm³/mol. The maximum absolute atomic E-state index is 8.91. The van der Waals surface area contributed by atoms with Crippen molar-refractivity contribution in [3.8, 4) is 0 Å². The molecule has 0 aromatic heterocycles. The Bertz CT molecular complexity index is 23.6. The number of hydrogen-bond acceptors (Lipinski definition) is 5. The fourth-order valence-corrected chi connectivity index (χ4v) is 0. The minimum absolute atomic E-state index is 0. The van der Waals surface area contributed by atoms with Gasteiger partial charge in [0.2, 0.25) is 0 Å². The molecule has 0 amide bonds. The summed E-state index contributed by atoms with van der Waals surface area (Å²) < 4.78 is 0. The molecule has 0 fully saturated rings. The second-order valence-electron chi connectivity index (χ2n) is 0.574. The zero-order valence-corrected chi connectivity index (χ0v) is 4.94. The van der Waals surface area contributed by atoms with Crippen LogP contribution in [0.1, 0.15) is 0 Å². The van der Waals surface area contributed by atoms with Crippen molar-refractivity contribution in [2.24, 2.45) is 0 Å². The standard InChI is InChI=1S/Cu.H3O4Si.H2O/c;1-5(2,3)4;/h;1-3H;1H2/q+2;-1;/p-1. The molecule has 0 saturated carbocycles. The summed E-state index contributed by atoms with van der Waals surface area (Å²) in [5, 5.41) is 0. The van der Waals surface area contributed by atoms with Gasteiger partial charge in [-0.2, -0.15) is 0 Å². The molecule has 1 radical (unpaired) electrons. The Labute approximate surface area is 51.5 Å². The molecule has 7 heteroatoms. The van der Waals surface area contributed by atoms with Crippen molar-refractivity contribution >= 4 is 9.05 Å². The van der Waals surface area contributed by atoms with Crippen molar-refractivity contribution in [1.82, 2.24) is 0 Å². The fourth-order valence-electron chi connectivity index (χ4n) is 0. The molecule has 5 nitrogen and oxygen atoms in total. The Hall–Kier alpha value is 0.536. The van der Waals surface area contributed by atoms with E-state index in [1.54, 1.807) is 0 Å². The van der Waals surface area contributed by atoms with E-state index >= 15 is 0 Å². The molecule has 49 valence electrons. The van der Waals surface area contributed by atoms with Crippen LogP contribution >= 0.6 is 0 Å². The number of rotatable bonds is 0. The van der Waals surface area contributed by atoms with Gasteiger partial charge in [-0.3, -0.25) is 0 Å². The van der Waals surface area contributed by atoms with Gasteiger partial charge in [-0.05, 0) is 0 Å². The van der Waals surface area contributed by atoms with Crippen LogP contribution in [0.2, 0.25) is 0 Å². The van der Waals surface area contributed by atoms with Gasteiger partial charge in [-0.25, -0.2) is 0 Å². The third-order valence-corrected chi connectivity index (χ3v) is 0. The summed E-state index contributed by atoms with van der Waals surface area (Å²) in [5.41, 5.74) is 0. The molecule has 0 aliphatic carbocycles. The van der Waals surface area contributed by atoms with Gasteiger partial charge in [-0.15, -0.1) is 0 Å². The topological polar surface area (TPSA) is 114 Å². The maximum Gasteiger partial charge on any atom is 2.00 e. The van der Waals surface area contributed by atoms with Gasteiger partial charge in [0, 0.05) is 0 Å². The smallest absolute Gasteiger partial charge is 0.870 e. The van der Waals surface area contributed by atoms with Gasteiger partial charge >= 0.3 is 26.1 Å². The third kappa shape index (κ3) is 468. The Kier molecular flexibility index (Phi) is 10.5. The Balaban J connectivity index is -0.0000000800. The summed E-state index contributed by atoms with van der Waals surface area (Å²) in [6, 6.07) is 0. The van der Waals surface area contributed by atoms with Crippen molar-refractivity contribution in [3.63, 3.8) is 0 Å². The van der Waals surface area contributed by atoms with E-state index in [0.717, 1.165) is 0 Å². The largest absolute Gasteiger partial charge is 2.00 e. The first-order valence-electron chi connectivity index (χ1n) is 0.875. The third-order valence-electron chi connectivity index (χ3n) is 0.